The first-order valence-corrected chi connectivity index (χ1v) is 7.65. The third-order valence-electron chi connectivity index (χ3n) is 3.26. The molecule has 2 amide bonds. The van der Waals surface area contributed by atoms with E-state index in [1.807, 2.05) is 25.1 Å². The summed E-state index contributed by atoms with van der Waals surface area (Å²) in [5, 5.41) is 7.69. The van der Waals surface area contributed by atoms with Crippen molar-refractivity contribution in [2.45, 2.75) is 25.8 Å². The van der Waals surface area contributed by atoms with Gasteiger partial charge < -0.3 is 5.32 Å². The average molecular weight is 301 g/mol. The highest BCUT2D eigenvalue weighted by atomic mass is 32.1. The summed E-state index contributed by atoms with van der Waals surface area (Å²) < 4.78 is 0. The molecule has 0 radical (unpaired) electrons. The van der Waals surface area contributed by atoms with Gasteiger partial charge in [0, 0.05) is 17.0 Å². The minimum atomic E-state index is -0.211. The largest absolute Gasteiger partial charge is 0.348 e. The van der Waals surface area contributed by atoms with Gasteiger partial charge in [0.15, 0.2) is 5.13 Å². The van der Waals surface area contributed by atoms with Crippen LogP contribution < -0.4 is 10.6 Å². The second kappa shape index (κ2) is 5.65. The number of aryl methyl sites for hydroxylation is 1. The van der Waals surface area contributed by atoms with E-state index in [9.17, 15) is 9.59 Å². The predicted molar refractivity (Wildman–Crippen MR) is 81.7 cm³/mol. The zero-order chi connectivity index (χ0) is 14.8. The Hall–Kier alpha value is -2.21. The first-order chi connectivity index (χ1) is 10.1. The van der Waals surface area contributed by atoms with Gasteiger partial charge in [0.25, 0.3) is 11.8 Å². The van der Waals surface area contributed by atoms with Gasteiger partial charge >= 0.3 is 0 Å². The summed E-state index contributed by atoms with van der Waals surface area (Å²) in [4.78, 5) is 28.2. The molecule has 0 unspecified atom stereocenters. The summed E-state index contributed by atoms with van der Waals surface area (Å²) in [6.45, 7) is 1.88. The quantitative estimate of drug-likeness (QED) is 0.912. The van der Waals surface area contributed by atoms with Gasteiger partial charge in [0.1, 0.15) is 5.69 Å². The van der Waals surface area contributed by atoms with Gasteiger partial charge in [-0.15, -0.1) is 11.3 Å². The van der Waals surface area contributed by atoms with Crippen molar-refractivity contribution in [1.29, 1.82) is 0 Å². The molecule has 1 saturated carbocycles. The van der Waals surface area contributed by atoms with E-state index in [1.165, 1.54) is 11.3 Å². The molecule has 1 aliphatic carbocycles. The smallest absolute Gasteiger partial charge is 0.271 e. The van der Waals surface area contributed by atoms with Crippen LogP contribution in [0.3, 0.4) is 0 Å². The Morgan fingerprint density at radius 3 is 2.71 bits per heavy atom. The van der Waals surface area contributed by atoms with Crippen LogP contribution in [-0.2, 0) is 0 Å². The highest BCUT2D eigenvalue weighted by Gasteiger charge is 2.25. The topological polar surface area (TPSA) is 71.1 Å². The van der Waals surface area contributed by atoms with Crippen LogP contribution in [0, 0.1) is 6.92 Å². The first kappa shape index (κ1) is 13.8. The summed E-state index contributed by atoms with van der Waals surface area (Å²) in [6, 6.07) is 7.64. The summed E-state index contributed by atoms with van der Waals surface area (Å²) in [6.07, 6.45) is 2.07. The molecule has 0 spiro atoms. The molecule has 21 heavy (non-hydrogen) atoms. The lowest BCUT2D eigenvalue weighted by molar-refractivity contribution is 0.0945. The molecule has 1 heterocycles. The van der Waals surface area contributed by atoms with Crippen molar-refractivity contribution >= 4 is 28.3 Å². The zero-order valence-corrected chi connectivity index (χ0v) is 12.4. The molecule has 6 heteroatoms. The van der Waals surface area contributed by atoms with E-state index in [0.29, 0.717) is 22.4 Å². The van der Waals surface area contributed by atoms with Gasteiger partial charge in [-0.2, -0.15) is 0 Å². The Kier molecular flexibility index (Phi) is 3.70. The van der Waals surface area contributed by atoms with Crippen molar-refractivity contribution < 1.29 is 9.59 Å². The average Bonchev–Trinajstić information content (AvgIpc) is 3.15. The third kappa shape index (κ3) is 3.28. The van der Waals surface area contributed by atoms with Crippen LogP contribution >= 0.6 is 11.3 Å². The lowest BCUT2D eigenvalue weighted by Crippen LogP contribution is -2.25. The van der Waals surface area contributed by atoms with Gasteiger partial charge in [-0.05, 0) is 31.4 Å². The molecule has 1 aliphatic rings. The minimum absolute atomic E-state index is 0.176. The van der Waals surface area contributed by atoms with E-state index in [-0.39, 0.29) is 11.8 Å². The van der Waals surface area contributed by atoms with Crippen molar-refractivity contribution in [3.05, 3.63) is 46.5 Å². The fourth-order valence-corrected chi connectivity index (χ4v) is 2.60. The Morgan fingerprint density at radius 1 is 1.24 bits per heavy atom. The Labute approximate surface area is 126 Å². The van der Waals surface area contributed by atoms with E-state index in [1.54, 1.807) is 11.4 Å². The number of carbonyl (C=O) groups excluding carboxylic acids is 2. The third-order valence-corrected chi connectivity index (χ3v) is 4.02. The minimum Gasteiger partial charge on any atom is -0.348 e. The van der Waals surface area contributed by atoms with Crippen LogP contribution in [-0.4, -0.2) is 22.8 Å². The Morgan fingerprint density at radius 2 is 2.00 bits per heavy atom. The molecule has 1 fully saturated rings. The Bertz CT molecular complexity index is 692. The zero-order valence-electron chi connectivity index (χ0n) is 11.6. The molecule has 0 bridgehead atoms. The van der Waals surface area contributed by atoms with E-state index in [0.717, 1.165) is 18.4 Å². The van der Waals surface area contributed by atoms with Crippen molar-refractivity contribution in [2.75, 3.05) is 5.32 Å². The summed E-state index contributed by atoms with van der Waals surface area (Å²) >= 11 is 1.25. The number of hydrogen-bond donors (Lipinski definition) is 2. The molecule has 0 atom stereocenters. The molecule has 2 aromatic rings. The van der Waals surface area contributed by atoms with Gasteiger partial charge in [-0.1, -0.05) is 18.2 Å². The highest BCUT2D eigenvalue weighted by molar-refractivity contribution is 7.14. The molecule has 1 aromatic heterocycles. The number of carbonyl (C=O) groups is 2. The van der Waals surface area contributed by atoms with Gasteiger partial charge in [-0.3, -0.25) is 14.9 Å². The summed E-state index contributed by atoms with van der Waals surface area (Å²) in [5.74, 6) is -0.387. The fraction of sp³-hybridized carbons (Fsp3) is 0.267. The predicted octanol–water partition coefficient (Wildman–Crippen LogP) is 2.60. The molecule has 108 valence electrons. The van der Waals surface area contributed by atoms with Crippen molar-refractivity contribution in [3.63, 3.8) is 0 Å². The lowest BCUT2D eigenvalue weighted by Gasteiger charge is -2.04. The maximum absolute atomic E-state index is 12.2. The van der Waals surface area contributed by atoms with Crippen molar-refractivity contribution in [2.24, 2.45) is 0 Å². The molecular weight excluding hydrogens is 286 g/mol. The molecule has 2 N–H and O–H groups in total. The standard InChI is InChI=1S/C15H15N3O2S/c1-9-4-2-3-5-11(9)13(19)18-15-17-12(8-21-15)14(20)16-10-6-7-10/h2-5,8,10H,6-7H2,1H3,(H,16,20)(H,17,18,19). The number of thiazole rings is 1. The molecule has 1 aromatic carbocycles. The summed E-state index contributed by atoms with van der Waals surface area (Å²) in [5.41, 5.74) is 1.86. The maximum atomic E-state index is 12.2. The monoisotopic (exact) mass is 301 g/mol. The Balaban J connectivity index is 1.68. The van der Waals surface area contributed by atoms with Crippen LogP contribution in [0.1, 0.15) is 39.3 Å². The van der Waals surface area contributed by atoms with E-state index in [4.69, 9.17) is 0 Å². The number of nitrogens with zero attached hydrogens (tertiary/aromatic N) is 1. The maximum Gasteiger partial charge on any atom is 0.271 e. The lowest BCUT2D eigenvalue weighted by atomic mass is 10.1. The van der Waals surface area contributed by atoms with E-state index in [2.05, 4.69) is 15.6 Å². The van der Waals surface area contributed by atoms with Crippen LogP contribution in [0.4, 0.5) is 5.13 Å². The van der Waals surface area contributed by atoms with Crippen molar-refractivity contribution in [3.8, 4) is 0 Å². The van der Waals surface area contributed by atoms with Gasteiger partial charge in [0.05, 0.1) is 0 Å². The van der Waals surface area contributed by atoms with Gasteiger partial charge in [0.2, 0.25) is 0 Å². The SMILES string of the molecule is Cc1ccccc1C(=O)Nc1nc(C(=O)NC2CC2)cs1. The number of anilines is 1. The molecule has 0 aliphatic heterocycles. The van der Waals surface area contributed by atoms with Crippen LogP contribution in [0.25, 0.3) is 0 Å². The van der Waals surface area contributed by atoms with E-state index < -0.39 is 0 Å². The second-order valence-electron chi connectivity index (χ2n) is 5.05. The number of nitrogens with one attached hydrogen (secondary N) is 2. The molecule has 5 nitrogen and oxygen atoms in total. The first-order valence-electron chi connectivity index (χ1n) is 6.77. The fourth-order valence-electron chi connectivity index (χ4n) is 1.91. The van der Waals surface area contributed by atoms with E-state index >= 15 is 0 Å². The van der Waals surface area contributed by atoms with Crippen LogP contribution in [0.2, 0.25) is 0 Å². The van der Waals surface area contributed by atoms with Crippen LogP contribution in [0.5, 0.6) is 0 Å². The second-order valence-corrected chi connectivity index (χ2v) is 5.91. The number of hydrogen-bond acceptors (Lipinski definition) is 4. The summed E-state index contributed by atoms with van der Waals surface area (Å²) in [7, 11) is 0. The van der Waals surface area contributed by atoms with Crippen LogP contribution in [0.15, 0.2) is 29.6 Å². The molecule has 3 rings (SSSR count). The molecular formula is C15H15N3O2S. The number of aromatic nitrogens is 1. The van der Waals surface area contributed by atoms with Crippen molar-refractivity contribution in [1.82, 2.24) is 10.3 Å². The number of rotatable bonds is 4. The number of amides is 2. The highest BCUT2D eigenvalue weighted by Crippen LogP contribution is 2.21. The normalized spacial score (nSPS) is 13.8. The van der Waals surface area contributed by atoms with Gasteiger partial charge in [-0.25, -0.2) is 4.98 Å². The number of benzene rings is 1. The molecule has 0 saturated heterocycles.